The van der Waals surface area contributed by atoms with E-state index >= 15 is 0 Å². The molecule has 1 heterocycles. The second-order valence-corrected chi connectivity index (χ2v) is 10.7. The van der Waals surface area contributed by atoms with Crippen LogP contribution in [0.15, 0.2) is 11.1 Å². The predicted octanol–water partition coefficient (Wildman–Crippen LogP) is 1.78. The smallest absolute Gasteiger partial charge is 0.334 e. The molecule has 9 atom stereocenters. The van der Waals surface area contributed by atoms with Gasteiger partial charge in [0.1, 0.15) is 19.7 Å². The van der Waals surface area contributed by atoms with Gasteiger partial charge in [0, 0.05) is 22.4 Å². The molecule has 1 aliphatic heterocycles. The molecule has 3 N–H and O–H groups in total. The van der Waals surface area contributed by atoms with Crippen molar-refractivity contribution < 1.29 is 24.2 Å². The Morgan fingerprint density at radius 2 is 2.00 bits per heavy atom. The van der Waals surface area contributed by atoms with Crippen molar-refractivity contribution in [2.75, 3.05) is 6.61 Å². The van der Waals surface area contributed by atoms with E-state index in [1.54, 1.807) is 0 Å². The monoisotopic (exact) mass is 401 g/mol. The number of aliphatic hydroxyl groups is 1. The maximum Gasteiger partial charge on any atom is 0.334 e. The minimum Gasteiger partial charge on any atom is -0.458 e. The summed E-state index contributed by atoms with van der Waals surface area (Å²) in [5.41, 5.74) is 8.52. The van der Waals surface area contributed by atoms with Crippen LogP contribution in [0.5, 0.6) is 0 Å². The molecule has 5 aliphatic carbocycles. The van der Waals surface area contributed by atoms with Crippen LogP contribution in [0.4, 0.5) is 0 Å². The molecule has 0 amide bonds. The van der Waals surface area contributed by atoms with Crippen molar-refractivity contribution in [1.82, 2.24) is 0 Å². The topological polar surface area (TPSA) is 107 Å². The Kier molecular flexibility index (Phi) is 3.74. The number of ether oxygens (including phenoxy) is 1. The van der Waals surface area contributed by atoms with E-state index in [0.717, 1.165) is 56.0 Å². The Bertz CT molecular complexity index is 839. The summed E-state index contributed by atoms with van der Waals surface area (Å²) in [6.07, 6.45) is 6.20. The fourth-order valence-electron chi connectivity index (χ4n) is 8.97. The number of aldehydes is 1. The SMILES string of the molecule is C=O.CC(C=O)C1C[C@@H]2C[C@]23[C@]2(C[C@H]2C[C@@]2(N)C4=C(CC[C@]32C)C(=O)OC4)[C@@H]1O. The van der Waals surface area contributed by atoms with Crippen LogP contribution in [0.1, 0.15) is 52.4 Å². The molecule has 0 radical (unpaired) electrons. The molecule has 0 saturated heterocycles. The summed E-state index contributed by atoms with van der Waals surface area (Å²) in [4.78, 5) is 31.6. The van der Waals surface area contributed by atoms with E-state index in [-0.39, 0.29) is 34.1 Å². The molecule has 0 aromatic rings. The zero-order valence-corrected chi connectivity index (χ0v) is 17.3. The lowest BCUT2D eigenvalue weighted by Gasteiger charge is -2.63. The first-order valence-corrected chi connectivity index (χ1v) is 10.9. The molecule has 29 heavy (non-hydrogen) atoms. The number of esters is 1. The second-order valence-electron chi connectivity index (χ2n) is 10.7. The normalized spacial score (nSPS) is 54.3. The van der Waals surface area contributed by atoms with Gasteiger partial charge in [-0.25, -0.2) is 4.79 Å². The Morgan fingerprint density at radius 1 is 1.28 bits per heavy atom. The third-order valence-corrected chi connectivity index (χ3v) is 10.4. The van der Waals surface area contributed by atoms with Gasteiger partial charge in [-0.1, -0.05) is 13.8 Å². The van der Waals surface area contributed by atoms with Crippen LogP contribution in [-0.2, 0) is 19.1 Å². The Balaban J connectivity index is 0.000000882. The van der Waals surface area contributed by atoms with Crippen LogP contribution >= 0.6 is 0 Å². The van der Waals surface area contributed by atoms with E-state index in [1.165, 1.54) is 0 Å². The van der Waals surface area contributed by atoms with E-state index in [2.05, 4.69) is 6.92 Å². The third-order valence-electron chi connectivity index (χ3n) is 10.4. The first-order chi connectivity index (χ1) is 13.8. The number of rotatable bonds is 2. The van der Waals surface area contributed by atoms with Crippen molar-refractivity contribution in [3.63, 3.8) is 0 Å². The van der Waals surface area contributed by atoms with Gasteiger partial charge >= 0.3 is 5.97 Å². The van der Waals surface area contributed by atoms with E-state index in [4.69, 9.17) is 15.3 Å². The number of fused-ring (bicyclic) bond motifs is 2. The summed E-state index contributed by atoms with van der Waals surface area (Å²) in [7, 11) is 0. The molecular weight excluding hydrogens is 370 g/mol. The van der Waals surface area contributed by atoms with Crippen molar-refractivity contribution in [3.8, 4) is 0 Å². The standard InChI is InChI=1S/C22H29NO4.CH2O/c1-11(9-24)15-5-12-7-21(12)19(2)4-3-14-16(10-27-18(14)26)22(19,23)8-13-6-20(13,21)17(15)25;1-2/h9,11-13,15,17,25H,3-8,10,23H2,1-2H3;1H2/t11?,12-,13+,15?,17-,19-,20+,21+,22-;/m1./s1. The number of aliphatic hydroxyl groups excluding tert-OH is 1. The largest absolute Gasteiger partial charge is 0.458 e. The molecule has 4 fully saturated rings. The van der Waals surface area contributed by atoms with Crippen LogP contribution in [-0.4, -0.2) is 42.4 Å². The van der Waals surface area contributed by atoms with E-state index < -0.39 is 11.6 Å². The molecule has 6 aliphatic rings. The molecule has 4 saturated carbocycles. The summed E-state index contributed by atoms with van der Waals surface area (Å²) in [5.74, 6) is 0.772. The average molecular weight is 402 g/mol. The van der Waals surface area contributed by atoms with Gasteiger partial charge in [0.2, 0.25) is 0 Å². The Labute approximate surface area is 171 Å². The van der Waals surface area contributed by atoms with Crippen molar-refractivity contribution in [2.24, 2.45) is 45.7 Å². The van der Waals surface area contributed by atoms with Gasteiger partial charge in [-0.15, -0.1) is 0 Å². The number of nitrogens with two attached hydrogens (primary N) is 1. The highest BCUT2D eigenvalue weighted by Gasteiger charge is 2.90. The summed E-state index contributed by atoms with van der Waals surface area (Å²) in [5, 5.41) is 11.5. The van der Waals surface area contributed by atoms with Gasteiger partial charge in [0.05, 0.1) is 6.10 Å². The minimum atomic E-state index is -0.491. The molecule has 158 valence electrons. The molecule has 0 bridgehead atoms. The highest BCUT2D eigenvalue weighted by molar-refractivity contribution is 5.93. The zero-order chi connectivity index (χ0) is 21.0. The predicted molar refractivity (Wildman–Crippen MR) is 104 cm³/mol. The average Bonchev–Trinajstić information content (AvgIpc) is 3.59. The number of cyclic esters (lactones) is 1. The van der Waals surface area contributed by atoms with Crippen LogP contribution in [0.3, 0.4) is 0 Å². The van der Waals surface area contributed by atoms with Gasteiger partial charge in [-0.05, 0) is 72.7 Å². The van der Waals surface area contributed by atoms with Gasteiger partial charge < -0.3 is 25.2 Å². The molecule has 2 spiro atoms. The first kappa shape index (κ1) is 19.4. The Hall–Kier alpha value is -1.53. The van der Waals surface area contributed by atoms with Gasteiger partial charge in [0.15, 0.2) is 0 Å². The van der Waals surface area contributed by atoms with Crippen LogP contribution in [0.25, 0.3) is 0 Å². The zero-order valence-electron chi connectivity index (χ0n) is 17.3. The lowest BCUT2D eigenvalue weighted by molar-refractivity contribution is -0.152. The number of carbonyl (C=O) groups is 3. The molecule has 0 aromatic heterocycles. The van der Waals surface area contributed by atoms with Crippen LogP contribution in [0.2, 0.25) is 0 Å². The van der Waals surface area contributed by atoms with E-state index in [9.17, 15) is 14.7 Å². The lowest BCUT2D eigenvalue weighted by atomic mass is 9.42. The molecule has 0 aromatic carbocycles. The van der Waals surface area contributed by atoms with Crippen molar-refractivity contribution in [2.45, 2.75) is 64.0 Å². The number of hydrogen-bond acceptors (Lipinski definition) is 6. The summed E-state index contributed by atoms with van der Waals surface area (Å²) < 4.78 is 5.39. The number of hydrogen-bond donors (Lipinski definition) is 2. The van der Waals surface area contributed by atoms with Crippen molar-refractivity contribution in [3.05, 3.63) is 11.1 Å². The van der Waals surface area contributed by atoms with E-state index in [1.807, 2.05) is 13.7 Å². The van der Waals surface area contributed by atoms with Gasteiger partial charge in [-0.3, -0.25) is 0 Å². The number of carbonyl (C=O) groups excluding carboxylic acids is 3. The summed E-state index contributed by atoms with van der Waals surface area (Å²) >= 11 is 0. The maximum atomic E-state index is 12.2. The summed E-state index contributed by atoms with van der Waals surface area (Å²) in [6.45, 7) is 6.65. The minimum absolute atomic E-state index is 0.0585. The van der Waals surface area contributed by atoms with Crippen LogP contribution in [0, 0.1) is 39.9 Å². The summed E-state index contributed by atoms with van der Waals surface area (Å²) in [6, 6.07) is 0. The van der Waals surface area contributed by atoms with Crippen molar-refractivity contribution in [1.29, 1.82) is 0 Å². The molecular formula is C23H31NO5. The molecule has 2 unspecified atom stereocenters. The quantitative estimate of drug-likeness (QED) is 0.540. The molecule has 6 heteroatoms. The Morgan fingerprint density at radius 3 is 2.69 bits per heavy atom. The van der Waals surface area contributed by atoms with Crippen LogP contribution < -0.4 is 5.73 Å². The first-order valence-electron chi connectivity index (χ1n) is 10.9. The van der Waals surface area contributed by atoms with Gasteiger partial charge in [0.25, 0.3) is 0 Å². The molecule has 6 nitrogen and oxygen atoms in total. The highest BCUT2D eigenvalue weighted by Crippen LogP contribution is 2.92. The second kappa shape index (κ2) is 5.58. The highest BCUT2D eigenvalue weighted by atomic mass is 16.5. The fourth-order valence-corrected chi connectivity index (χ4v) is 8.97. The maximum absolute atomic E-state index is 12.2. The third kappa shape index (κ3) is 1.81. The van der Waals surface area contributed by atoms with Gasteiger partial charge in [-0.2, -0.15) is 0 Å². The molecule has 6 rings (SSSR count). The fraction of sp³-hybridized carbons (Fsp3) is 0.783. The lowest BCUT2D eigenvalue weighted by Crippen LogP contribution is -2.69. The van der Waals surface area contributed by atoms with E-state index in [0.29, 0.717) is 18.4 Å². The van der Waals surface area contributed by atoms with Crippen molar-refractivity contribution >= 4 is 19.0 Å².